The summed E-state index contributed by atoms with van der Waals surface area (Å²) < 4.78 is 2.21. The molecule has 4 heteroatoms. The van der Waals surface area contributed by atoms with E-state index in [4.69, 9.17) is 5.73 Å². The van der Waals surface area contributed by atoms with Crippen LogP contribution in [-0.4, -0.2) is 15.5 Å². The molecule has 1 unspecified atom stereocenters. The van der Waals surface area contributed by atoms with Gasteiger partial charge in [-0.25, -0.2) is 4.98 Å². The quantitative estimate of drug-likeness (QED) is 0.508. The summed E-state index contributed by atoms with van der Waals surface area (Å²) in [6.07, 6.45) is 19.8. The maximum absolute atomic E-state index is 10.9. The van der Waals surface area contributed by atoms with Crippen molar-refractivity contribution < 1.29 is 4.79 Å². The SMILES string of the molecule is C.CC1=C(/C=C/C(C)=C/C=C/C(C)=C/C(N)=O)C(C)(C)CCC1n1ccnc1. The third-order valence-corrected chi connectivity index (χ3v) is 5.18. The minimum atomic E-state index is -0.424. The summed E-state index contributed by atoms with van der Waals surface area (Å²) in [4.78, 5) is 15.1. The first kappa shape index (κ1) is 23.4. The molecule has 1 heterocycles. The number of aromatic nitrogens is 2. The highest BCUT2D eigenvalue weighted by molar-refractivity contribution is 5.86. The van der Waals surface area contributed by atoms with Gasteiger partial charge in [0.15, 0.2) is 0 Å². The van der Waals surface area contributed by atoms with Crippen molar-refractivity contribution in [3.63, 3.8) is 0 Å². The van der Waals surface area contributed by atoms with E-state index < -0.39 is 5.91 Å². The second-order valence-corrected chi connectivity index (χ2v) is 7.94. The summed E-state index contributed by atoms with van der Waals surface area (Å²) in [5, 5.41) is 0. The first-order valence-electron chi connectivity index (χ1n) is 9.40. The number of carbonyl (C=O) groups excluding carboxylic acids is 1. The first-order valence-corrected chi connectivity index (χ1v) is 9.40. The lowest BCUT2D eigenvalue weighted by atomic mass is 9.71. The molecule has 0 radical (unpaired) electrons. The van der Waals surface area contributed by atoms with Gasteiger partial charge in [0.05, 0.1) is 12.4 Å². The maximum atomic E-state index is 10.9. The molecule has 0 spiro atoms. The smallest absolute Gasteiger partial charge is 0.241 e. The molecule has 0 saturated carbocycles. The van der Waals surface area contributed by atoms with Gasteiger partial charge in [0, 0.05) is 18.5 Å². The fraction of sp³-hybridized carbons (Fsp3) is 0.417. The number of carbonyl (C=O) groups is 1. The molecule has 2 rings (SSSR count). The van der Waals surface area contributed by atoms with Crippen LogP contribution in [0.25, 0.3) is 0 Å². The highest BCUT2D eigenvalue weighted by atomic mass is 16.1. The van der Waals surface area contributed by atoms with E-state index in [9.17, 15) is 4.79 Å². The van der Waals surface area contributed by atoms with Gasteiger partial charge >= 0.3 is 0 Å². The molecule has 0 fully saturated rings. The Morgan fingerprint density at radius 2 is 2.00 bits per heavy atom. The lowest BCUT2D eigenvalue weighted by molar-refractivity contribution is -0.113. The van der Waals surface area contributed by atoms with Crippen LogP contribution in [0.4, 0.5) is 0 Å². The van der Waals surface area contributed by atoms with E-state index in [1.165, 1.54) is 17.2 Å². The average molecular weight is 382 g/mol. The third-order valence-electron chi connectivity index (χ3n) is 5.18. The number of nitrogens with zero attached hydrogens (tertiary/aromatic N) is 2. The van der Waals surface area contributed by atoms with E-state index in [-0.39, 0.29) is 12.8 Å². The van der Waals surface area contributed by atoms with Gasteiger partial charge in [0.25, 0.3) is 0 Å². The molecule has 0 aromatic carbocycles. The lowest BCUT2D eigenvalue weighted by Gasteiger charge is -2.37. The van der Waals surface area contributed by atoms with Crippen LogP contribution in [-0.2, 0) is 4.79 Å². The molecule has 1 amide bonds. The zero-order chi connectivity index (χ0) is 20.0. The Morgan fingerprint density at radius 3 is 2.61 bits per heavy atom. The molecule has 1 aromatic heterocycles. The van der Waals surface area contributed by atoms with Crippen molar-refractivity contribution in [3.05, 3.63) is 77.5 Å². The number of hydrogen-bond donors (Lipinski definition) is 1. The zero-order valence-corrected chi connectivity index (χ0v) is 17.1. The van der Waals surface area contributed by atoms with Crippen LogP contribution in [0.1, 0.15) is 60.9 Å². The molecule has 2 N–H and O–H groups in total. The van der Waals surface area contributed by atoms with Gasteiger partial charge < -0.3 is 10.3 Å². The van der Waals surface area contributed by atoms with Crippen molar-refractivity contribution in [1.82, 2.24) is 9.55 Å². The van der Waals surface area contributed by atoms with Gasteiger partial charge in [-0.15, -0.1) is 0 Å². The summed E-state index contributed by atoms with van der Waals surface area (Å²) in [7, 11) is 0. The summed E-state index contributed by atoms with van der Waals surface area (Å²) in [5.74, 6) is -0.424. The normalized spacial score (nSPS) is 20.7. The number of imidazole rings is 1. The number of amides is 1. The molecule has 0 aliphatic heterocycles. The van der Waals surface area contributed by atoms with E-state index in [2.05, 4.69) is 49.4 Å². The van der Waals surface area contributed by atoms with Gasteiger partial charge in [-0.05, 0) is 55.7 Å². The molecule has 1 aliphatic carbocycles. The highest BCUT2D eigenvalue weighted by Crippen LogP contribution is 2.45. The minimum Gasteiger partial charge on any atom is -0.366 e. The fourth-order valence-corrected chi connectivity index (χ4v) is 3.64. The number of nitrogens with two attached hydrogens (primary N) is 1. The Bertz CT molecular complexity index is 818. The van der Waals surface area contributed by atoms with Gasteiger partial charge in [-0.3, -0.25) is 4.79 Å². The number of hydrogen-bond acceptors (Lipinski definition) is 2. The van der Waals surface area contributed by atoms with Gasteiger partial charge in [-0.1, -0.05) is 57.2 Å². The third kappa shape index (κ3) is 6.22. The van der Waals surface area contributed by atoms with Crippen LogP contribution in [0.5, 0.6) is 0 Å². The summed E-state index contributed by atoms with van der Waals surface area (Å²) in [5.41, 5.74) is 10.1. The predicted octanol–water partition coefficient (Wildman–Crippen LogP) is 5.69. The summed E-state index contributed by atoms with van der Waals surface area (Å²) in [6.45, 7) is 10.8. The maximum Gasteiger partial charge on any atom is 0.241 e. The molecule has 152 valence electrons. The predicted molar refractivity (Wildman–Crippen MR) is 119 cm³/mol. The molecular formula is C24H35N3O. The monoisotopic (exact) mass is 381 g/mol. The molecule has 1 aromatic rings. The topological polar surface area (TPSA) is 60.9 Å². The Morgan fingerprint density at radius 1 is 1.29 bits per heavy atom. The van der Waals surface area contributed by atoms with E-state index >= 15 is 0 Å². The molecular weight excluding hydrogens is 346 g/mol. The van der Waals surface area contributed by atoms with E-state index in [1.807, 2.05) is 43.9 Å². The van der Waals surface area contributed by atoms with Crippen LogP contribution >= 0.6 is 0 Å². The highest BCUT2D eigenvalue weighted by Gasteiger charge is 2.32. The van der Waals surface area contributed by atoms with Crippen LogP contribution < -0.4 is 5.73 Å². The number of allylic oxidation sites excluding steroid dienone is 9. The zero-order valence-electron chi connectivity index (χ0n) is 17.1. The van der Waals surface area contributed by atoms with Crippen molar-refractivity contribution in [2.24, 2.45) is 11.1 Å². The second kappa shape index (κ2) is 10.1. The molecule has 28 heavy (non-hydrogen) atoms. The number of rotatable bonds is 6. The largest absolute Gasteiger partial charge is 0.366 e. The van der Waals surface area contributed by atoms with E-state index in [1.54, 1.807) is 0 Å². The Balaban J connectivity index is 0.00000392. The fourth-order valence-electron chi connectivity index (χ4n) is 3.64. The van der Waals surface area contributed by atoms with Crippen LogP contribution in [0.2, 0.25) is 0 Å². The standard InChI is InChI=1S/C23H31N3O.CH4/c1-17(7-6-8-18(2)15-22(24)27)9-10-20-19(3)21(11-12-23(20,4)5)26-14-13-25-16-26;/h6-10,13-16,21H,11-12H2,1-5H3,(H2,24,27);1H4/b8-6+,10-9+,17-7+,18-15+;. The Kier molecular flexibility index (Phi) is 8.42. The molecule has 4 nitrogen and oxygen atoms in total. The van der Waals surface area contributed by atoms with Crippen LogP contribution in [0.15, 0.2) is 77.5 Å². The van der Waals surface area contributed by atoms with Crippen LogP contribution in [0.3, 0.4) is 0 Å². The Labute approximate surface area is 170 Å². The van der Waals surface area contributed by atoms with Crippen molar-refractivity contribution in [2.45, 2.75) is 60.9 Å². The molecule has 1 atom stereocenters. The van der Waals surface area contributed by atoms with Gasteiger partial charge in [-0.2, -0.15) is 0 Å². The summed E-state index contributed by atoms with van der Waals surface area (Å²) in [6, 6.07) is 0.381. The summed E-state index contributed by atoms with van der Waals surface area (Å²) >= 11 is 0. The van der Waals surface area contributed by atoms with Crippen molar-refractivity contribution >= 4 is 5.91 Å². The molecule has 0 saturated heterocycles. The van der Waals surface area contributed by atoms with E-state index in [0.717, 1.165) is 24.0 Å². The average Bonchev–Trinajstić information content (AvgIpc) is 3.07. The minimum absolute atomic E-state index is 0. The molecule has 1 aliphatic rings. The van der Waals surface area contributed by atoms with Crippen molar-refractivity contribution in [2.75, 3.05) is 0 Å². The second-order valence-electron chi connectivity index (χ2n) is 7.94. The lowest BCUT2D eigenvalue weighted by Crippen LogP contribution is -2.25. The van der Waals surface area contributed by atoms with Crippen LogP contribution in [0, 0.1) is 5.41 Å². The van der Waals surface area contributed by atoms with E-state index in [0.29, 0.717) is 6.04 Å². The molecule has 0 bridgehead atoms. The van der Waals surface area contributed by atoms with Gasteiger partial charge in [0.2, 0.25) is 5.91 Å². The van der Waals surface area contributed by atoms with Crippen molar-refractivity contribution in [1.29, 1.82) is 0 Å². The number of primary amides is 1. The van der Waals surface area contributed by atoms with Gasteiger partial charge in [0.1, 0.15) is 0 Å². The first-order chi connectivity index (χ1) is 12.7. The Hall–Kier alpha value is -2.62. The van der Waals surface area contributed by atoms with Crippen molar-refractivity contribution in [3.8, 4) is 0 Å².